The molecule has 1 N–H and O–H groups in total. The van der Waals surface area contributed by atoms with Gasteiger partial charge in [-0.05, 0) is 49.6 Å². The molecule has 2 aromatic rings. The van der Waals surface area contributed by atoms with E-state index in [9.17, 15) is 19.5 Å². The van der Waals surface area contributed by atoms with Crippen LogP contribution >= 0.6 is 23.4 Å². The molecule has 2 fully saturated rings. The van der Waals surface area contributed by atoms with E-state index in [2.05, 4.69) is 6.08 Å². The van der Waals surface area contributed by atoms with Crippen molar-refractivity contribution in [2.75, 3.05) is 31.1 Å². The van der Waals surface area contributed by atoms with Crippen molar-refractivity contribution in [3.63, 3.8) is 0 Å². The van der Waals surface area contributed by atoms with Gasteiger partial charge in [0.15, 0.2) is 0 Å². The molecule has 0 aromatic heterocycles. The Hall–Kier alpha value is -3.07. The lowest BCUT2D eigenvalue weighted by molar-refractivity contribution is -0.144. The normalized spacial score (nSPS) is 30.8. The highest BCUT2D eigenvalue weighted by molar-refractivity contribution is 8.02. The molecule has 3 amide bonds. The molecule has 4 aliphatic rings. The predicted molar refractivity (Wildman–Crippen MR) is 161 cm³/mol. The Balaban J connectivity index is 1.41. The van der Waals surface area contributed by atoms with E-state index in [0.29, 0.717) is 49.7 Å². The van der Waals surface area contributed by atoms with Crippen LogP contribution in [0, 0.1) is 11.8 Å². The Morgan fingerprint density at radius 1 is 0.902 bits per heavy atom. The van der Waals surface area contributed by atoms with Crippen LogP contribution in [0.5, 0.6) is 0 Å². The van der Waals surface area contributed by atoms with E-state index in [0.717, 1.165) is 5.56 Å². The maximum absolute atomic E-state index is 14.5. The van der Waals surface area contributed by atoms with Crippen LogP contribution in [0.2, 0.25) is 5.02 Å². The molecule has 4 heterocycles. The average molecular weight is 592 g/mol. The number of hydrogen-bond donors (Lipinski definition) is 1. The molecule has 0 bridgehead atoms. The maximum Gasteiger partial charge on any atom is 0.251 e. The number of likely N-dealkylation sites (tertiary alicyclic amines) is 1. The number of benzene rings is 2. The average Bonchev–Trinajstić information content (AvgIpc) is 3.23. The molecule has 1 spiro atoms. The van der Waals surface area contributed by atoms with E-state index in [1.165, 1.54) is 0 Å². The summed E-state index contributed by atoms with van der Waals surface area (Å²) in [6.45, 7) is 3.68. The third kappa shape index (κ3) is 4.70. The number of unbranched alkanes of at least 4 members (excludes halogenated alkanes) is 1. The summed E-state index contributed by atoms with van der Waals surface area (Å²) in [5.74, 6) is -1.68. The molecule has 7 nitrogen and oxygen atoms in total. The zero-order valence-electron chi connectivity index (χ0n) is 23.0. The minimum atomic E-state index is -0.899. The first-order valence-electron chi connectivity index (χ1n) is 14.2. The molecule has 2 aromatic carbocycles. The number of aliphatic hydroxyl groups is 1. The molecule has 1 unspecified atom stereocenters. The van der Waals surface area contributed by atoms with Crippen LogP contribution in [0.3, 0.4) is 0 Å². The lowest BCUT2D eigenvalue weighted by Crippen LogP contribution is -2.53. The SMILES string of the molecule is C[C@@]12C=CCN(Cc3ccccc3)C(=O)[C@@H]1[C@H]1C(=O)N(CCCCO)C3C(=O)N(c4ccc(Cl)cc4)CC=C[C@@]31S2. The summed E-state index contributed by atoms with van der Waals surface area (Å²) in [6.07, 6.45) is 9.22. The number of halogens is 1. The number of amides is 3. The molecule has 2 saturated heterocycles. The Morgan fingerprint density at radius 2 is 1.63 bits per heavy atom. The largest absolute Gasteiger partial charge is 0.396 e. The van der Waals surface area contributed by atoms with Crippen LogP contribution in [0.1, 0.15) is 25.3 Å². The van der Waals surface area contributed by atoms with Crippen molar-refractivity contribution in [1.29, 1.82) is 0 Å². The molecule has 0 radical (unpaired) electrons. The number of nitrogens with zero attached hydrogens (tertiary/aromatic N) is 3. The van der Waals surface area contributed by atoms with Crippen LogP contribution in [0.25, 0.3) is 0 Å². The molecular weight excluding hydrogens is 558 g/mol. The van der Waals surface area contributed by atoms with Gasteiger partial charge in [-0.3, -0.25) is 14.4 Å². The lowest BCUT2D eigenvalue weighted by atomic mass is 9.74. The highest BCUT2D eigenvalue weighted by Gasteiger charge is 2.73. The minimum absolute atomic E-state index is 0.0131. The quantitative estimate of drug-likeness (QED) is 0.384. The summed E-state index contributed by atoms with van der Waals surface area (Å²) in [7, 11) is 0. The van der Waals surface area contributed by atoms with Crippen LogP contribution in [0.4, 0.5) is 5.69 Å². The number of carbonyl (C=O) groups excluding carboxylic acids is 3. The first-order chi connectivity index (χ1) is 19.8. The molecule has 6 rings (SSSR count). The number of fused-ring (bicyclic) bond motifs is 2. The number of rotatable bonds is 7. The number of hydrogen-bond acceptors (Lipinski definition) is 5. The summed E-state index contributed by atoms with van der Waals surface area (Å²) in [5.41, 5.74) is 1.74. The molecule has 5 atom stereocenters. The third-order valence-electron chi connectivity index (χ3n) is 8.80. The van der Waals surface area contributed by atoms with Crippen LogP contribution in [-0.2, 0) is 20.9 Å². The summed E-state index contributed by atoms with van der Waals surface area (Å²) >= 11 is 7.72. The summed E-state index contributed by atoms with van der Waals surface area (Å²) < 4.78 is -1.55. The lowest BCUT2D eigenvalue weighted by Gasteiger charge is -2.37. The standard InChI is InChI=1S/C32H34ClN3O4S/c1-31-15-7-17-34(21-22-9-3-2-4-10-22)28(38)25(31)26-29(39)36(18-5-6-20-37)27-30(40)35(19-8-16-32(26,27)41-31)24-13-11-23(33)12-14-24/h2-4,7-16,25-27,37H,5-6,17-21H2,1H3/t25-,26-,27?,31+,32-/m0/s1. The van der Waals surface area contributed by atoms with Crippen molar-refractivity contribution >= 4 is 46.8 Å². The second-order valence-corrected chi connectivity index (χ2v) is 13.6. The van der Waals surface area contributed by atoms with E-state index < -0.39 is 27.4 Å². The number of thioether (sulfide) groups is 1. The van der Waals surface area contributed by atoms with Gasteiger partial charge in [-0.15, -0.1) is 11.8 Å². The minimum Gasteiger partial charge on any atom is -0.396 e. The van der Waals surface area contributed by atoms with Gasteiger partial charge in [-0.2, -0.15) is 0 Å². The fraction of sp³-hybridized carbons (Fsp3) is 0.406. The number of aliphatic hydroxyl groups excluding tert-OH is 1. The second kappa shape index (κ2) is 11.0. The predicted octanol–water partition coefficient (Wildman–Crippen LogP) is 4.30. The van der Waals surface area contributed by atoms with Gasteiger partial charge in [0.25, 0.3) is 5.91 Å². The zero-order chi connectivity index (χ0) is 28.8. The highest BCUT2D eigenvalue weighted by Crippen LogP contribution is 2.65. The zero-order valence-corrected chi connectivity index (χ0v) is 24.6. The third-order valence-corrected chi connectivity index (χ3v) is 10.9. The smallest absolute Gasteiger partial charge is 0.251 e. The van der Waals surface area contributed by atoms with Gasteiger partial charge >= 0.3 is 0 Å². The van der Waals surface area contributed by atoms with Crippen molar-refractivity contribution in [1.82, 2.24) is 9.80 Å². The summed E-state index contributed by atoms with van der Waals surface area (Å²) in [4.78, 5) is 48.5. The van der Waals surface area contributed by atoms with Gasteiger partial charge in [0.05, 0.1) is 16.6 Å². The van der Waals surface area contributed by atoms with Gasteiger partial charge in [0.2, 0.25) is 11.8 Å². The fourth-order valence-corrected chi connectivity index (χ4v) is 9.29. The first-order valence-corrected chi connectivity index (χ1v) is 15.3. The molecule has 0 aliphatic carbocycles. The monoisotopic (exact) mass is 591 g/mol. The van der Waals surface area contributed by atoms with Crippen molar-refractivity contribution in [2.24, 2.45) is 11.8 Å². The molecule has 41 heavy (non-hydrogen) atoms. The van der Waals surface area contributed by atoms with Crippen LogP contribution < -0.4 is 4.90 Å². The van der Waals surface area contributed by atoms with Crippen LogP contribution in [0.15, 0.2) is 78.9 Å². The Labute approximate surface area is 249 Å². The summed E-state index contributed by atoms with van der Waals surface area (Å²) in [5, 5.41) is 10.0. The van der Waals surface area contributed by atoms with E-state index >= 15 is 0 Å². The van der Waals surface area contributed by atoms with E-state index in [1.807, 2.05) is 72.5 Å². The van der Waals surface area contributed by atoms with Gasteiger partial charge < -0.3 is 19.8 Å². The van der Waals surface area contributed by atoms with E-state index in [-0.39, 0.29) is 24.3 Å². The van der Waals surface area contributed by atoms with Gasteiger partial charge in [-0.1, -0.05) is 66.2 Å². The number of carbonyl (C=O) groups is 3. The van der Waals surface area contributed by atoms with Crippen molar-refractivity contribution < 1.29 is 19.5 Å². The Morgan fingerprint density at radius 3 is 2.37 bits per heavy atom. The topological polar surface area (TPSA) is 81.2 Å². The van der Waals surface area contributed by atoms with Crippen molar-refractivity contribution in [2.45, 2.75) is 41.8 Å². The number of anilines is 1. The molecule has 9 heteroatoms. The maximum atomic E-state index is 14.5. The van der Waals surface area contributed by atoms with Crippen LogP contribution in [-0.4, -0.2) is 74.4 Å². The summed E-state index contributed by atoms with van der Waals surface area (Å²) in [6, 6.07) is 16.2. The Bertz CT molecular complexity index is 1400. The van der Waals surface area contributed by atoms with E-state index in [1.54, 1.807) is 33.7 Å². The highest BCUT2D eigenvalue weighted by atomic mass is 35.5. The molecule has 0 saturated carbocycles. The van der Waals surface area contributed by atoms with Crippen molar-refractivity contribution in [3.8, 4) is 0 Å². The fourth-order valence-electron chi connectivity index (χ4n) is 7.00. The molecule has 214 valence electrons. The van der Waals surface area contributed by atoms with E-state index in [4.69, 9.17) is 11.6 Å². The van der Waals surface area contributed by atoms with Gasteiger partial charge in [-0.25, -0.2) is 0 Å². The van der Waals surface area contributed by atoms with Crippen molar-refractivity contribution in [3.05, 3.63) is 89.5 Å². The van der Waals surface area contributed by atoms with Gasteiger partial charge in [0, 0.05) is 48.2 Å². The second-order valence-electron chi connectivity index (χ2n) is 11.4. The van der Waals surface area contributed by atoms with Gasteiger partial charge in [0.1, 0.15) is 6.04 Å². The molecule has 4 aliphatic heterocycles. The molecular formula is C32H34ClN3O4S. The Kier molecular flexibility index (Phi) is 7.51. The first kappa shape index (κ1) is 28.1.